The van der Waals surface area contributed by atoms with Crippen molar-refractivity contribution in [2.75, 3.05) is 4.90 Å². The molecule has 0 spiro atoms. The number of anilines is 1. The Labute approximate surface area is 134 Å². The summed E-state index contributed by atoms with van der Waals surface area (Å²) in [6.45, 7) is 3.84. The molecule has 0 bridgehead atoms. The second-order valence-corrected chi connectivity index (χ2v) is 5.93. The highest BCUT2D eigenvalue weighted by Crippen LogP contribution is 2.34. The normalized spacial score (nSPS) is 13.7. The van der Waals surface area contributed by atoms with Gasteiger partial charge >= 0.3 is 0 Å². The summed E-state index contributed by atoms with van der Waals surface area (Å²) in [4.78, 5) is 27.0. The van der Waals surface area contributed by atoms with Crippen molar-refractivity contribution in [1.29, 1.82) is 0 Å². The number of para-hydroxylation sites is 1. The summed E-state index contributed by atoms with van der Waals surface area (Å²) in [5.74, 6) is -0.485. The molecule has 0 aliphatic carbocycles. The smallest absolute Gasteiger partial charge is 0.266 e. The number of amides is 2. The summed E-state index contributed by atoms with van der Waals surface area (Å²) in [7, 11) is 0. The van der Waals surface area contributed by atoms with E-state index in [1.807, 2.05) is 68.4 Å². The highest BCUT2D eigenvalue weighted by Gasteiger charge is 2.38. The molecule has 0 fully saturated rings. The van der Waals surface area contributed by atoms with Crippen LogP contribution in [0.2, 0.25) is 0 Å². The molecule has 3 aromatic rings. The van der Waals surface area contributed by atoms with E-state index in [-0.39, 0.29) is 11.8 Å². The molecule has 2 amide bonds. The molecule has 3 nitrogen and oxygen atoms in total. The minimum Gasteiger partial charge on any atom is -0.268 e. The Bertz CT molecular complexity index is 913. The summed E-state index contributed by atoms with van der Waals surface area (Å²) in [5.41, 5.74) is 3.50. The average Bonchev–Trinajstić information content (AvgIpc) is 2.78. The lowest BCUT2D eigenvalue weighted by atomic mass is 10.0. The topological polar surface area (TPSA) is 37.4 Å². The van der Waals surface area contributed by atoms with E-state index in [0.717, 1.165) is 21.9 Å². The Morgan fingerprint density at radius 3 is 1.65 bits per heavy atom. The molecule has 0 atom stereocenters. The van der Waals surface area contributed by atoms with Gasteiger partial charge in [-0.05, 0) is 47.9 Å². The van der Waals surface area contributed by atoms with Crippen LogP contribution in [-0.4, -0.2) is 11.8 Å². The van der Waals surface area contributed by atoms with Crippen LogP contribution in [0.25, 0.3) is 10.8 Å². The third-order valence-electron chi connectivity index (χ3n) is 4.42. The fourth-order valence-electron chi connectivity index (χ4n) is 3.29. The molecule has 4 rings (SSSR count). The van der Waals surface area contributed by atoms with Crippen LogP contribution in [0.5, 0.6) is 0 Å². The number of carbonyl (C=O) groups is 2. The maximum absolute atomic E-state index is 12.9. The largest absolute Gasteiger partial charge is 0.268 e. The fourth-order valence-corrected chi connectivity index (χ4v) is 3.29. The van der Waals surface area contributed by atoms with Crippen molar-refractivity contribution in [1.82, 2.24) is 0 Å². The molecule has 1 aliphatic heterocycles. The van der Waals surface area contributed by atoms with Crippen LogP contribution < -0.4 is 4.90 Å². The van der Waals surface area contributed by atoms with E-state index in [4.69, 9.17) is 0 Å². The average molecular weight is 301 g/mol. The highest BCUT2D eigenvalue weighted by molar-refractivity contribution is 6.35. The van der Waals surface area contributed by atoms with E-state index in [1.54, 1.807) is 0 Å². The van der Waals surface area contributed by atoms with Crippen molar-refractivity contribution in [3.8, 4) is 0 Å². The lowest BCUT2D eigenvalue weighted by molar-refractivity contribution is 0.0925. The number of aryl methyl sites for hydroxylation is 2. The van der Waals surface area contributed by atoms with Gasteiger partial charge in [-0.15, -0.1) is 0 Å². The van der Waals surface area contributed by atoms with Crippen molar-refractivity contribution in [2.24, 2.45) is 0 Å². The SMILES string of the molecule is Cc1cccc(C)c1N1C(=O)c2cc3ccccc3cc2C1=O. The summed E-state index contributed by atoms with van der Waals surface area (Å²) in [6.07, 6.45) is 0. The second kappa shape index (κ2) is 4.78. The van der Waals surface area contributed by atoms with Crippen molar-refractivity contribution in [2.45, 2.75) is 13.8 Å². The first-order valence-corrected chi connectivity index (χ1v) is 7.56. The number of benzene rings is 3. The zero-order valence-corrected chi connectivity index (χ0v) is 13.0. The van der Waals surface area contributed by atoms with Gasteiger partial charge in [0, 0.05) is 0 Å². The van der Waals surface area contributed by atoms with Crippen LogP contribution in [0.4, 0.5) is 5.69 Å². The molecule has 0 saturated carbocycles. The van der Waals surface area contributed by atoms with Crippen LogP contribution in [0.1, 0.15) is 31.8 Å². The van der Waals surface area contributed by atoms with Gasteiger partial charge in [-0.2, -0.15) is 0 Å². The Morgan fingerprint density at radius 2 is 1.17 bits per heavy atom. The number of rotatable bonds is 1. The van der Waals surface area contributed by atoms with E-state index in [0.29, 0.717) is 16.8 Å². The molecule has 1 heterocycles. The van der Waals surface area contributed by atoms with Gasteiger partial charge in [0.1, 0.15) is 0 Å². The first kappa shape index (κ1) is 13.7. The minimum atomic E-state index is -0.242. The monoisotopic (exact) mass is 301 g/mol. The Hall–Kier alpha value is -2.94. The lowest BCUT2D eigenvalue weighted by Gasteiger charge is -2.19. The van der Waals surface area contributed by atoms with Crippen molar-refractivity contribution in [3.63, 3.8) is 0 Å². The Balaban J connectivity index is 1.95. The molecule has 0 N–H and O–H groups in total. The molecule has 1 aliphatic rings. The maximum atomic E-state index is 12.9. The number of hydrogen-bond donors (Lipinski definition) is 0. The molecular formula is C20H15NO2. The van der Waals surface area contributed by atoms with Gasteiger partial charge in [0.05, 0.1) is 16.8 Å². The summed E-state index contributed by atoms with van der Waals surface area (Å²) < 4.78 is 0. The summed E-state index contributed by atoms with van der Waals surface area (Å²) in [6, 6.07) is 17.2. The first-order valence-electron chi connectivity index (χ1n) is 7.56. The molecule has 23 heavy (non-hydrogen) atoms. The maximum Gasteiger partial charge on any atom is 0.266 e. The van der Waals surface area contributed by atoms with Gasteiger partial charge in [-0.3, -0.25) is 9.59 Å². The van der Waals surface area contributed by atoms with E-state index in [9.17, 15) is 9.59 Å². The number of nitrogens with zero attached hydrogens (tertiary/aromatic N) is 1. The summed E-state index contributed by atoms with van der Waals surface area (Å²) in [5, 5.41) is 1.94. The van der Waals surface area contributed by atoms with Crippen LogP contribution in [-0.2, 0) is 0 Å². The van der Waals surface area contributed by atoms with Crippen molar-refractivity contribution in [3.05, 3.63) is 76.9 Å². The minimum absolute atomic E-state index is 0.242. The number of carbonyl (C=O) groups excluding carboxylic acids is 2. The standard InChI is InChI=1S/C20H15NO2/c1-12-6-5-7-13(2)18(12)21-19(22)16-10-14-8-3-4-9-15(14)11-17(16)20(21)23/h3-11H,1-2H3. The van der Waals surface area contributed by atoms with Gasteiger partial charge in [0.15, 0.2) is 0 Å². The van der Waals surface area contributed by atoms with Crippen LogP contribution in [0, 0.1) is 13.8 Å². The Morgan fingerprint density at radius 1 is 0.696 bits per heavy atom. The Kier molecular flexibility index (Phi) is 2.85. The second-order valence-electron chi connectivity index (χ2n) is 5.93. The molecule has 0 aromatic heterocycles. The summed E-state index contributed by atoms with van der Waals surface area (Å²) >= 11 is 0. The molecule has 112 valence electrons. The predicted octanol–water partition coefficient (Wildman–Crippen LogP) is 4.26. The van der Waals surface area contributed by atoms with E-state index >= 15 is 0 Å². The quantitative estimate of drug-likeness (QED) is 0.630. The van der Waals surface area contributed by atoms with Gasteiger partial charge < -0.3 is 0 Å². The van der Waals surface area contributed by atoms with Crippen LogP contribution in [0.3, 0.4) is 0 Å². The van der Waals surface area contributed by atoms with E-state index < -0.39 is 0 Å². The molecule has 0 radical (unpaired) electrons. The van der Waals surface area contributed by atoms with Crippen LogP contribution >= 0.6 is 0 Å². The molecule has 3 heteroatoms. The van der Waals surface area contributed by atoms with Gasteiger partial charge in [0.25, 0.3) is 11.8 Å². The first-order chi connectivity index (χ1) is 11.1. The number of hydrogen-bond acceptors (Lipinski definition) is 2. The zero-order chi connectivity index (χ0) is 16.1. The molecular weight excluding hydrogens is 286 g/mol. The number of imide groups is 1. The number of fused-ring (bicyclic) bond motifs is 2. The third-order valence-corrected chi connectivity index (χ3v) is 4.42. The van der Waals surface area contributed by atoms with Gasteiger partial charge in [-0.25, -0.2) is 4.90 Å². The molecule has 0 saturated heterocycles. The zero-order valence-electron chi connectivity index (χ0n) is 13.0. The predicted molar refractivity (Wildman–Crippen MR) is 91.0 cm³/mol. The third kappa shape index (κ3) is 1.90. The molecule has 0 unspecified atom stereocenters. The van der Waals surface area contributed by atoms with E-state index in [2.05, 4.69) is 0 Å². The molecule has 3 aromatic carbocycles. The lowest BCUT2D eigenvalue weighted by Crippen LogP contribution is -2.30. The highest BCUT2D eigenvalue weighted by atomic mass is 16.2. The van der Waals surface area contributed by atoms with Crippen molar-refractivity contribution < 1.29 is 9.59 Å². The van der Waals surface area contributed by atoms with E-state index in [1.165, 1.54) is 4.90 Å². The van der Waals surface area contributed by atoms with Crippen LogP contribution in [0.15, 0.2) is 54.6 Å². The van der Waals surface area contributed by atoms with Gasteiger partial charge in [0.2, 0.25) is 0 Å². The van der Waals surface area contributed by atoms with Gasteiger partial charge in [-0.1, -0.05) is 42.5 Å². The fraction of sp³-hybridized carbons (Fsp3) is 0.100. The van der Waals surface area contributed by atoms with Crippen molar-refractivity contribution >= 4 is 28.3 Å².